The minimum Gasteiger partial charge on any atom is -0.340 e. The molecule has 1 aromatic heterocycles. The quantitative estimate of drug-likeness (QED) is 0.468. The Hall–Kier alpha value is -1.56. The van der Waals surface area contributed by atoms with Gasteiger partial charge in [-0.25, -0.2) is 0 Å². The predicted molar refractivity (Wildman–Crippen MR) is 66.8 cm³/mol. The molecule has 98 valence electrons. The van der Waals surface area contributed by atoms with Crippen LogP contribution in [-0.4, -0.2) is 38.8 Å². The lowest BCUT2D eigenvalue weighted by atomic mass is 10.1. The number of alkyl halides is 1. The molecule has 1 fully saturated rings. The van der Waals surface area contributed by atoms with E-state index >= 15 is 0 Å². The fourth-order valence-electron chi connectivity index (χ4n) is 2.07. The molecule has 7 heteroatoms. The van der Waals surface area contributed by atoms with Gasteiger partial charge in [0.15, 0.2) is 0 Å². The molecule has 1 saturated heterocycles. The maximum Gasteiger partial charge on any atom is 0.287 e. The van der Waals surface area contributed by atoms with Crippen molar-refractivity contribution >= 4 is 23.2 Å². The second-order valence-corrected chi connectivity index (χ2v) is 5.04. The van der Waals surface area contributed by atoms with Crippen LogP contribution in [0.15, 0.2) is 12.3 Å². The number of halogens is 1. The number of amides is 1. The van der Waals surface area contributed by atoms with E-state index in [2.05, 4.69) is 0 Å². The van der Waals surface area contributed by atoms with E-state index in [1.165, 1.54) is 16.8 Å². The van der Waals surface area contributed by atoms with E-state index in [0.717, 1.165) is 12.8 Å². The van der Waals surface area contributed by atoms with Crippen molar-refractivity contribution < 1.29 is 9.72 Å². The molecule has 0 spiro atoms. The smallest absolute Gasteiger partial charge is 0.287 e. The molecular formula is C11H14ClN3O3. The number of rotatable bonds is 2. The number of nitrogens with zero attached hydrogens (tertiary/aromatic N) is 3. The monoisotopic (exact) mass is 271 g/mol. The lowest BCUT2D eigenvalue weighted by molar-refractivity contribution is -0.384. The molecule has 6 nitrogen and oxygen atoms in total. The molecule has 0 saturated carbocycles. The van der Waals surface area contributed by atoms with Crippen LogP contribution in [0.5, 0.6) is 0 Å². The Morgan fingerprint density at radius 1 is 1.50 bits per heavy atom. The zero-order chi connectivity index (χ0) is 13.3. The summed E-state index contributed by atoms with van der Waals surface area (Å²) in [6.45, 7) is 1.21. The molecule has 1 aromatic rings. The first-order chi connectivity index (χ1) is 8.49. The highest BCUT2D eigenvalue weighted by Crippen LogP contribution is 2.20. The summed E-state index contributed by atoms with van der Waals surface area (Å²) in [6.07, 6.45) is 2.88. The summed E-state index contributed by atoms with van der Waals surface area (Å²) < 4.78 is 1.49. The van der Waals surface area contributed by atoms with E-state index < -0.39 is 4.92 Å². The predicted octanol–water partition coefficient (Wildman–Crippen LogP) is 1.78. The molecular weight excluding hydrogens is 258 g/mol. The van der Waals surface area contributed by atoms with E-state index in [-0.39, 0.29) is 17.0 Å². The molecule has 2 heterocycles. The molecule has 0 bridgehead atoms. The van der Waals surface area contributed by atoms with Crippen molar-refractivity contribution in [3.05, 3.63) is 28.1 Å². The highest BCUT2D eigenvalue weighted by Gasteiger charge is 2.25. The van der Waals surface area contributed by atoms with Gasteiger partial charge in [-0.05, 0) is 12.8 Å². The van der Waals surface area contributed by atoms with Gasteiger partial charge in [0, 0.05) is 31.6 Å². The van der Waals surface area contributed by atoms with Crippen LogP contribution in [0.2, 0.25) is 0 Å². The van der Waals surface area contributed by atoms with Crippen LogP contribution in [0, 0.1) is 10.1 Å². The Bertz CT molecular complexity index is 478. The SMILES string of the molecule is Cn1cc([N+](=O)[O-])cc1C(=O)N1CCC(Cl)CC1. The van der Waals surface area contributed by atoms with Crippen molar-refractivity contribution in [2.45, 2.75) is 18.2 Å². The normalized spacial score (nSPS) is 16.9. The van der Waals surface area contributed by atoms with E-state index in [4.69, 9.17) is 11.6 Å². The number of carbonyl (C=O) groups is 1. The largest absolute Gasteiger partial charge is 0.340 e. The molecule has 0 unspecified atom stereocenters. The van der Waals surface area contributed by atoms with Crippen molar-refractivity contribution in [1.82, 2.24) is 9.47 Å². The first kappa shape index (κ1) is 12.9. The second kappa shape index (κ2) is 4.97. The molecule has 1 aliphatic rings. The Kier molecular flexibility index (Phi) is 3.56. The number of aromatic nitrogens is 1. The summed E-state index contributed by atoms with van der Waals surface area (Å²) in [5, 5.41) is 10.8. The summed E-state index contributed by atoms with van der Waals surface area (Å²) in [4.78, 5) is 24.1. The van der Waals surface area contributed by atoms with Gasteiger partial charge in [-0.1, -0.05) is 0 Å². The van der Waals surface area contributed by atoms with Crippen molar-refractivity contribution in [3.63, 3.8) is 0 Å². The van der Waals surface area contributed by atoms with Crippen molar-refractivity contribution in [2.75, 3.05) is 13.1 Å². The van der Waals surface area contributed by atoms with E-state index in [1.807, 2.05) is 0 Å². The van der Waals surface area contributed by atoms with Gasteiger partial charge in [0.05, 0.1) is 11.1 Å². The maximum absolute atomic E-state index is 12.2. The summed E-state index contributed by atoms with van der Waals surface area (Å²) in [6, 6.07) is 1.31. The van der Waals surface area contributed by atoms with E-state index in [9.17, 15) is 14.9 Å². The average molecular weight is 272 g/mol. The van der Waals surface area contributed by atoms with Crippen LogP contribution in [0.1, 0.15) is 23.3 Å². The van der Waals surface area contributed by atoms with Crippen LogP contribution in [-0.2, 0) is 7.05 Å². The number of aryl methyl sites for hydroxylation is 1. The molecule has 0 aromatic carbocycles. The number of likely N-dealkylation sites (tertiary alicyclic amines) is 1. The third kappa shape index (κ3) is 2.48. The van der Waals surface area contributed by atoms with E-state index in [0.29, 0.717) is 18.8 Å². The second-order valence-electron chi connectivity index (χ2n) is 4.42. The third-order valence-corrected chi connectivity index (χ3v) is 3.57. The van der Waals surface area contributed by atoms with Crippen molar-refractivity contribution in [2.24, 2.45) is 7.05 Å². The van der Waals surface area contributed by atoms with Crippen LogP contribution >= 0.6 is 11.6 Å². The van der Waals surface area contributed by atoms with Gasteiger partial charge in [-0.2, -0.15) is 0 Å². The number of nitro groups is 1. The van der Waals surface area contributed by atoms with Crippen LogP contribution in [0.4, 0.5) is 5.69 Å². The summed E-state index contributed by atoms with van der Waals surface area (Å²) in [5.41, 5.74) is 0.280. The minimum absolute atomic E-state index is 0.0620. The van der Waals surface area contributed by atoms with Crippen molar-refractivity contribution in [3.8, 4) is 0 Å². The van der Waals surface area contributed by atoms with Crippen LogP contribution in [0.25, 0.3) is 0 Å². The molecule has 1 aliphatic heterocycles. The summed E-state index contributed by atoms with van der Waals surface area (Å²) in [5.74, 6) is -0.172. The number of hydrogen-bond donors (Lipinski definition) is 0. The Morgan fingerprint density at radius 3 is 2.61 bits per heavy atom. The Morgan fingerprint density at radius 2 is 2.11 bits per heavy atom. The Labute approximate surface area is 109 Å². The van der Waals surface area contributed by atoms with Crippen LogP contribution < -0.4 is 0 Å². The van der Waals surface area contributed by atoms with Gasteiger partial charge in [-0.15, -0.1) is 11.6 Å². The number of carbonyl (C=O) groups excluding carboxylic acids is 1. The minimum atomic E-state index is -0.498. The third-order valence-electron chi connectivity index (χ3n) is 3.13. The molecule has 0 N–H and O–H groups in total. The average Bonchev–Trinajstić information content (AvgIpc) is 2.71. The molecule has 0 atom stereocenters. The van der Waals surface area contributed by atoms with Crippen LogP contribution in [0.3, 0.4) is 0 Å². The molecule has 18 heavy (non-hydrogen) atoms. The first-order valence-corrected chi connectivity index (χ1v) is 6.17. The molecule has 0 radical (unpaired) electrons. The van der Waals surface area contributed by atoms with Gasteiger partial charge in [0.1, 0.15) is 5.69 Å². The van der Waals surface area contributed by atoms with Gasteiger partial charge in [0.25, 0.3) is 11.6 Å². The molecule has 1 amide bonds. The lowest BCUT2D eigenvalue weighted by Crippen LogP contribution is -2.39. The standard InChI is InChI=1S/C11H14ClN3O3/c1-13-7-9(15(17)18)6-10(13)11(16)14-4-2-8(12)3-5-14/h6-8H,2-5H2,1H3. The zero-order valence-electron chi connectivity index (χ0n) is 10.0. The molecule has 2 rings (SSSR count). The van der Waals surface area contributed by atoms with Crippen molar-refractivity contribution in [1.29, 1.82) is 0 Å². The molecule has 0 aliphatic carbocycles. The highest BCUT2D eigenvalue weighted by atomic mass is 35.5. The van der Waals surface area contributed by atoms with Gasteiger partial charge in [-0.3, -0.25) is 14.9 Å². The van der Waals surface area contributed by atoms with Gasteiger partial charge < -0.3 is 9.47 Å². The number of hydrogen-bond acceptors (Lipinski definition) is 3. The lowest BCUT2D eigenvalue weighted by Gasteiger charge is -2.29. The maximum atomic E-state index is 12.2. The zero-order valence-corrected chi connectivity index (χ0v) is 10.8. The van der Waals surface area contributed by atoms with Gasteiger partial charge >= 0.3 is 0 Å². The number of piperidine rings is 1. The summed E-state index contributed by atoms with van der Waals surface area (Å²) in [7, 11) is 1.63. The topological polar surface area (TPSA) is 68.4 Å². The fraction of sp³-hybridized carbons (Fsp3) is 0.545. The Balaban J connectivity index is 2.16. The highest BCUT2D eigenvalue weighted by molar-refractivity contribution is 6.20. The fourth-order valence-corrected chi connectivity index (χ4v) is 2.27. The first-order valence-electron chi connectivity index (χ1n) is 5.73. The summed E-state index contributed by atoms with van der Waals surface area (Å²) >= 11 is 5.98. The van der Waals surface area contributed by atoms with E-state index in [1.54, 1.807) is 11.9 Å². The van der Waals surface area contributed by atoms with Gasteiger partial charge in [0.2, 0.25) is 0 Å².